The second-order valence-corrected chi connectivity index (χ2v) is 16.0. The number of morpholine rings is 1. The Hall–Kier alpha value is -3.48. The minimum absolute atomic E-state index is 0.194. The number of nitrogens with zero attached hydrogens (tertiary/aromatic N) is 1. The highest BCUT2D eigenvalue weighted by Crippen LogP contribution is 2.63. The van der Waals surface area contributed by atoms with Crippen LogP contribution in [0.4, 0.5) is 0 Å². The molecule has 1 aromatic heterocycles. The summed E-state index contributed by atoms with van der Waals surface area (Å²) >= 11 is 1.44. The highest BCUT2D eigenvalue weighted by molar-refractivity contribution is 7.90. The molecule has 2 atom stereocenters. The zero-order chi connectivity index (χ0) is 34.0. The van der Waals surface area contributed by atoms with E-state index in [0.29, 0.717) is 42.3 Å². The van der Waals surface area contributed by atoms with E-state index in [0.717, 1.165) is 44.5 Å². The van der Waals surface area contributed by atoms with E-state index in [2.05, 4.69) is 4.90 Å². The zero-order valence-corrected chi connectivity index (χ0v) is 30.3. The number of hydrogen-bond donors (Lipinski definition) is 0. The maximum Gasteiger partial charge on any atom is 0.390 e. The molecule has 4 aromatic rings. The van der Waals surface area contributed by atoms with Crippen LogP contribution in [0.3, 0.4) is 0 Å². The Morgan fingerprint density at radius 2 is 1.30 bits per heavy atom. The van der Waals surface area contributed by atoms with Crippen molar-refractivity contribution in [1.82, 2.24) is 4.90 Å². The van der Waals surface area contributed by atoms with Crippen molar-refractivity contribution >= 4 is 36.1 Å². The molecule has 0 spiro atoms. The van der Waals surface area contributed by atoms with Gasteiger partial charge in [0.05, 0.1) is 21.1 Å². The van der Waals surface area contributed by atoms with Crippen LogP contribution >= 0.6 is 19.3 Å². The van der Waals surface area contributed by atoms with Crippen LogP contribution in [0.25, 0.3) is 0 Å². The van der Waals surface area contributed by atoms with Crippen LogP contribution in [0.1, 0.15) is 87.3 Å². The first kappa shape index (κ1) is 34.8. The third-order valence-corrected chi connectivity index (χ3v) is 13.0. The molecule has 6 nitrogen and oxygen atoms in total. The Morgan fingerprint density at radius 1 is 0.809 bits per heavy atom. The fourth-order valence-corrected chi connectivity index (χ4v) is 11.4. The summed E-state index contributed by atoms with van der Waals surface area (Å²) in [7, 11) is -2.19. The average molecular weight is 670 g/mol. The number of hydrogen-bond acceptors (Lipinski definition) is 6. The van der Waals surface area contributed by atoms with E-state index in [1.807, 2.05) is 121 Å². The van der Waals surface area contributed by atoms with Crippen LogP contribution in [0.2, 0.25) is 0 Å². The van der Waals surface area contributed by atoms with Crippen molar-refractivity contribution in [2.75, 3.05) is 26.3 Å². The van der Waals surface area contributed by atoms with Gasteiger partial charge in [0.2, 0.25) is 0 Å². The molecule has 0 radical (unpaired) electrons. The third kappa shape index (κ3) is 6.77. The smallest absolute Gasteiger partial charge is 0.390 e. The maximum absolute atomic E-state index is 15.4. The molecule has 0 bridgehead atoms. The molecule has 0 aliphatic carbocycles. The van der Waals surface area contributed by atoms with Crippen molar-refractivity contribution in [3.8, 4) is 0 Å². The van der Waals surface area contributed by atoms with Crippen LogP contribution in [0.15, 0.2) is 66.0 Å². The molecule has 1 saturated heterocycles. The Labute approximate surface area is 283 Å². The van der Waals surface area contributed by atoms with Crippen molar-refractivity contribution in [2.24, 2.45) is 0 Å². The average Bonchev–Trinajstić information content (AvgIpc) is 3.45. The van der Waals surface area contributed by atoms with E-state index in [1.165, 1.54) is 11.3 Å². The molecule has 3 aromatic carbocycles. The molecule has 1 aliphatic heterocycles. The summed E-state index contributed by atoms with van der Waals surface area (Å²) in [6.45, 7) is 17.7. The van der Waals surface area contributed by atoms with Gasteiger partial charge in [-0.1, -0.05) is 65.7 Å². The van der Waals surface area contributed by atoms with Gasteiger partial charge in [0.1, 0.15) is 4.88 Å². The standard InChI is InChI=1S/C39H44NO5PS/c1-24-18-27(4)33(28(5)19-24)37(41)46(38(42)34-29(6)20-25(2)21-30(34)7)36(31-12-10-9-11-13-31)39(8,40-14-16-44-17-15-40)35(45-43)32-22-26(3)23-47-32/h9-13,18-23,36H,14-17H2,1-8H3. The van der Waals surface area contributed by atoms with Crippen LogP contribution < -0.4 is 5.26 Å². The molecule has 1 aliphatic rings. The minimum atomic E-state index is -2.19. The first-order valence-electron chi connectivity index (χ1n) is 16.0. The van der Waals surface area contributed by atoms with Gasteiger partial charge in [-0.2, -0.15) is 4.58 Å². The quantitative estimate of drug-likeness (QED) is 0.0564. The Morgan fingerprint density at radius 3 is 1.72 bits per heavy atom. The Bertz CT molecular complexity index is 1710. The van der Waals surface area contributed by atoms with Gasteiger partial charge in [0, 0.05) is 29.9 Å². The topological polar surface area (TPSA) is 81.0 Å². The van der Waals surface area contributed by atoms with E-state index >= 15 is 9.59 Å². The first-order chi connectivity index (χ1) is 22.4. The predicted octanol–water partition coefficient (Wildman–Crippen LogP) is 7.90. The van der Waals surface area contributed by atoms with Gasteiger partial charge >= 0.3 is 5.78 Å². The minimum Gasteiger partial charge on any atom is -0.462 e. The summed E-state index contributed by atoms with van der Waals surface area (Å²) in [6, 6.07) is 19.7. The summed E-state index contributed by atoms with van der Waals surface area (Å²) in [5, 5.41) is 15.1. The highest BCUT2D eigenvalue weighted by atomic mass is 32.1. The number of ketones is 1. The van der Waals surface area contributed by atoms with Crippen LogP contribution in [0.5, 0.6) is 0 Å². The molecule has 47 heavy (non-hydrogen) atoms. The Kier molecular flexibility index (Phi) is 10.6. The van der Waals surface area contributed by atoms with Gasteiger partial charge < -0.3 is 9.99 Å². The van der Waals surface area contributed by atoms with Gasteiger partial charge in [-0.15, -0.1) is 11.3 Å². The zero-order valence-electron chi connectivity index (χ0n) is 28.6. The van der Waals surface area contributed by atoms with E-state index in [9.17, 15) is 5.26 Å². The molecule has 8 heteroatoms. The van der Waals surface area contributed by atoms with E-state index in [-0.39, 0.29) is 16.8 Å². The van der Waals surface area contributed by atoms with Crippen LogP contribution in [-0.2, 0) is 4.74 Å². The van der Waals surface area contributed by atoms with E-state index in [1.54, 1.807) is 0 Å². The molecular formula is C39H44NO5PS. The fourth-order valence-electron chi connectivity index (χ4n) is 7.36. The number of carbonyl (C=O) groups excluding carboxylic acids is 3. The second kappa shape index (κ2) is 14.3. The maximum atomic E-state index is 15.4. The third-order valence-electron chi connectivity index (χ3n) is 9.29. The van der Waals surface area contributed by atoms with Gasteiger partial charge in [-0.05, 0) is 100 Å². The van der Waals surface area contributed by atoms with Crippen molar-refractivity contribution in [3.63, 3.8) is 0 Å². The van der Waals surface area contributed by atoms with E-state index < -0.39 is 19.1 Å². The lowest BCUT2D eigenvalue weighted by molar-refractivity contribution is -0.938. The van der Waals surface area contributed by atoms with Gasteiger partial charge in [0.15, 0.2) is 16.6 Å². The normalized spacial score (nSPS) is 16.2. The molecular weight excluding hydrogens is 625 g/mol. The molecule has 2 unspecified atom stereocenters. The number of thiophene rings is 1. The van der Waals surface area contributed by atoms with Crippen molar-refractivity contribution in [2.45, 2.75) is 66.6 Å². The number of aryl methyl sites for hydroxylation is 7. The number of benzene rings is 3. The first-order valence-corrected chi connectivity index (χ1v) is 18.3. The summed E-state index contributed by atoms with van der Waals surface area (Å²) < 4.78 is 11.0. The van der Waals surface area contributed by atoms with E-state index in [4.69, 9.17) is 9.31 Å². The number of rotatable bonds is 10. The van der Waals surface area contributed by atoms with Crippen LogP contribution in [-0.4, -0.2) is 53.6 Å². The van der Waals surface area contributed by atoms with Gasteiger partial charge in [-0.3, -0.25) is 14.5 Å². The molecule has 5 rings (SSSR count). The largest absolute Gasteiger partial charge is 0.462 e. The SMILES string of the molecule is Cc1csc(C(=[O+][O-])C(C)(C(c2ccccc2)P(C(=O)c2c(C)cc(C)cc2C)C(=O)c2c(C)cc(C)cc2C)N2CCOCC2)c1. The Balaban J connectivity index is 1.88. The van der Waals surface area contributed by atoms with Crippen molar-refractivity contribution in [1.29, 1.82) is 0 Å². The highest BCUT2D eigenvalue weighted by Gasteiger charge is 2.59. The second-order valence-electron chi connectivity index (χ2n) is 13.0. The predicted molar refractivity (Wildman–Crippen MR) is 190 cm³/mol. The van der Waals surface area contributed by atoms with Gasteiger partial charge in [-0.25, -0.2) is 0 Å². The lowest BCUT2D eigenvalue weighted by Crippen LogP contribution is -2.60. The molecule has 0 amide bonds. The van der Waals surface area contributed by atoms with Crippen LogP contribution in [0, 0.1) is 48.5 Å². The lowest BCUT2D eigenvalue weighted by atomic mass is 9.84. The molecule has 0 saturated carbocycles. The monoisotopic (exact) mass is 669 g/mol. The molecule has 2 heterocycles. The number of ether oxygens (including phenoxy) is 1. The van der Waals surface area contributed by atoms with Crippen molar-refractivity contribution < 1.29 is 24.2 Å². The summed E-state index contributed by atoms with van der Waals surface area (Å²) in [5.74, 6) is 0.217. The van der Waals surface area contributed by atoms with Gasteiger partial charge in [0.25, 0.3) is 0 Å². The molecule has 246 valence electrons. The summed E-state index contributed by atoms with van der Waals surface area (Å²) in [6.07, 6.45) is 0. The summed E-state index contributed by atoms with van der Waals surface area (Å²) in [4.78, 5) is 33.8. The summed E-state index contributed by atoms with van der Waals surface area (Å²) in [5.41, 5.74) is 6.10. The van der Waals surface area contributed by atoms with Crippen molar-refractivity contribution in [3.05, 3.63) is 127 Å². The number of carbonyl (C=O) groups is 2. The molecule has 0 N–H and O–H groups in total. The molecule has 1 fully saturated rings. The fraction of sp³-hybridized carbons (Fsp3) is 0.359. The lowest BCUT2D eigenvalue weighted by Gasteiger charge is -2.46.